The zero-order valence-corrected chi connectivity index (χ0v) is 12.9. The van der Waals surface area contributed by atoms with Crippen molar-refractivity contribution in [3.05, 3.63) is 11.7 Å². The number of nitrogens with two attached hydrogens (primary N) is 1. The summed E-state index contributed by atoms with van der Waals surface area (Å²) >= 11 is 0. The number of aromatic nitrogens is 2. The van der Waals surface area contributed by atoms with Gasteiger partial charge >= 0.3 is 0 Å². The third kappa shape index (κ3) is 3.38. The lowest BCUT2D eigenvalue weighted by molar-refractivity contribution is 0.177. The molecular formula is C13H23N3O3S. The summed E-state index contributed by atoms with van der Waals surface area (Å²) in [5, 5.41) is 3.07. The molecule has 0 amide bonds. The van der Waals surface area contributed by atoms with Gasteiger partial charge in [-0.05, 0) is 31.7 Å². The van der Waals surface area contributed by atoms with Crippen LogP contribution in [-0.4, -0.2) is 31.4 Å². The quantitative estimate of drug-likeness (QED) is 0.887. The predicted octanol–water partition coefficient (Wildman–Crippen LogP) is 1.63. The van der Waals surface area contributed by atoms with Crippen LogP contribution in [0.5, 0.6) is 0 Å². The van der Waals surface area contributed by atoms with E-state index in [-0.39, 0.29) is 11.2 Å². The van der Waals surface area contributed by atoms with Gasteiger partial charge in [0.25, 0.3) is 0 Å². The molecule has 0 radical (unpaired) electrons. The first kappa shape index (κ1) is 15.4. The van der Waals surface area contributed by atoms with Gasteiger partial charge in [-0.1, -0.05) is 24.4 Å². The molecule has 20 heavy (non-hydrogen) atoms. The van der Waals surface area contributed by atoms with Gasteiger partial charge < -0.3 is 10.3 Å². The maximum atomic E-state index is 11.5. The highest BCUT2D eigenvalue weighted by Gasteiger charge is 2.33. The van der Waals surface area contributed by atoms with Crippen LogP contribution in [0.1, 0.15) is 56.0 Å². The molecule has 2 rings (SSSR count). The Morgan fingerprint density at radius 1 is 1.35 bits per heavy atom. The lowest BCUT2D eigenvalue weighted by Crippen LogP contribution is -2.35. The summed E-state index contributed by atoms with van der Waals surface area (Å²) in [6.07, 6.45) is 7.58. The van der Waals surface area contributed by atoms with Crippen LogP contribution in [0.25, 0.3) is 0 Å². The molecule has 0 saturated heterocycles. The summed E-state index contributed by atoms with van der Waals surface area (Å²) in [5.74, 6) is 0.744. The fraction of sp³-hybridized carbons (Fsp3) is 0.846. The average Bonchev–Trinajstić information content (AvgIpc) is 2.86. The normalized spacial score (nSPS) is 20.8. The maximum Gasteiger partial charge on any atom is 0.227 e. The second-order valence-electron chi connectivity index (χ2n) is 5.96. The molecule has 1 unspecified atom stereocenters. The van der Waals surface area contributed by atoms with Crippen molar-refractivity contribution in [3.63, 3.8) is 0 Å². The van der Waals surface area contributed by atoms with Crippen LogP contribution in [0, 0.1) is 5.41 Å². The zero-order chi connectivity index (χ0) is 14.8. The van der Waals surface area contributed by atoms with E-state index in [1.54, 1.807) is 6.92 Å². The molecule has 7 heteroatoms. The van der Waals surface area contributed by atoms with Crippen molar-refractivity contribution in [3.8, 4) is 0 Å². The maximum absolute atomic E-state index is 11.5. The molecule has 1 aromatic heterocycles. The van der Waals surface area contributed by atoms with Gasteiger partial charge in [-0.25, -0.2) is 8.42 Å². The highest BCUT2D eigenvalue weighted by Crippen LogP contribution is 2.38. The Hall–Kier alpha value is -0.950. The molecule has 0 bridgehead atoms. The Balaban J connectivity index is 2.13. The Labute approximate surface area is 120 Å². The number of rotatable bonds is 5. The van der Waals surface area contributed by atoms with E-state index in [2.05, 4.69) is 10.1 Å². The summed E-state index contributed by atoms with van der Waals surface area (Å²) < 4.78 is 28.2. The van der Waals surface area contributed by atoms with E-state index in [0.29, 0.717) is 18.9 Å². The summed E-state index contributed by atoms with van der Waals surface area (Å²) in [5.41, 5.74) is 5.97. The molecular weight excluding hydrogens is 278 g/mol. The van der Waals surface area contributed by atoms with Crippen LogP contribution in [-0.2, 0) is 16.3 Å². The van der Waals surface area contributed by atoms with Gasteiger partial charge in [-0.3, -0.25) is 0 Å². The zero-order valence-electron chi connectivity index (χ0n) is 12.1. The second-order valence-corrected chi connectivity index (χ2v) is 8.33. The molecule has 1 heterocycles. The molecule has 0 aliphatic heterocycles. The number of hydrogen-bond donors (Lipinski definition) is 1. The van der Waals surface area contributed by atoms with Gasteiger partial charge in [0.2, 0.25) is 5.89 Å². The van der Waals surface area contributed by atoms with Gasteiger partial charge in [0, 0.05) is 12.7 Å². The largest absolute Gasteiger partial charge is 0.339 e. The smallest absolute Gasteiger partial charge is 0.227 e. The Bertz CT molecular complexity index is 547. The van der Waals surface area contributed by atoms with Crippen molar-refractivity contribution in [2.75, 3.05) is 12.8 Å². The van der Waals surface area contributed by atoms with Crippen LogP contribution in [0.4, 0.5) is 0 Å². The topological polar surface area (TPSA) is 99.1 Å². The minimum Gasteiger partial charge on any atom is -0.339 e. The molecule has 1 atom stereocenters. The number of hydrogen-bond acceptors (Lipinski definition) is 6. The summed E-state index contributed by atoms with van der Waals surface area (Å²) in [4.78, 5) is 4.25. The van der Waals surface area contributed by atoms with Crippen molar-refractivity contribution < 1.29 is 12.9 Å². The van der Waals surface area contributed by atoms with Crippen LogP contribution < -0.4 is 5.73 Å². The van der Waals surface area contributed by atoms with Gasteiger partial charge in [-0.15, -0.1) is 0 Å². The molecule has 1 aliphatic carbocycles. The fourth-order valence-corrected chi connectivity index (χ4v) is 3.25. The van der Waals surface area contributed by atoms with E-state index < -0.39 is 15.1 Å². The Morgan fingerprint density at radius 3 is 2.55 bits per heavy atom. The van der Waals surface area contributed by atoms with Crippen LogP contribution >= 0.6 is 0 Å². The fourth-order valence-electron chi connectivity index (χ4n) is 2.77. The summed E-state index contributed by atoms with van der Waals surface area (Å²) in [6.45, 7) is 2.18. The second kappa shape index (κ2) is 5.81. The van der Waals surface area contributed by atoms with Crippen LogP contribution in [0.2, 0.25) is 0 Å². The minimum atomic E-state index is -3.21. The molecule has 1 saturated carbocycles. The molecule has 0 spiro atoms. The van der Waals surface area contributed by atoms with Crippen LogP contribution in [0.15, 0.2) is 4.52 Å². The molecule has 0 aromatic carbocycles. The standard InChI is InChI=1S/C13H23N3O3S/c1-10(20(2,17)18)12-15-11(19-16-12)8-13(9-14)6-4-3-5-7-13/h10H,3-9,14H2,1-2H3. The van der Waals surface area contributed by atoms with Gasteiger partial charge in [0.15, 0.2) is 15.7 Å². The van der Waals surface area contributed by atoms with Gasteiger partial charge in [-0.2, -0.15) is 4.98 Å². The molecule has 1 aromatic rings. The van der Waals surface area contributed by atoms with Crippen molar-refractivity contribution in [2.45, 2.75) is 50.7 Å². The van der Waals surface area contributed by atoms with Crippen LogP contribution in [0.3, 0.4) is 0 Å². The average molecular weight is 301 g/mol. The monoisotopic (exact) mass is 301 g/mol. The first-order chi connectivity index (χ1) is 9.36. The minimum absolute atomic E-state index is 0.0381. The first-order valence-electron chi connectivity index (χ1n) is 7.08. The Morgan fingerprint density at radius 2 is 2.00 bits per heavy atom. The number of nitrogens with zero attached hydrogens (tertiary/aromatic N) is 2. The van der Waals surface area contributed by atoms with Crippen molar-refractivity contribution in [2.24, 2.45) is 11.1 Å². The molecule has 2 N–H and O–H groups in total. The van der Waals surface area contributed by atoms with E-state index in [9.17, 15) is 8.42 Å². The third-order valence-electron chi connectivity index (χ3n) is 4.36. The van der Waals surface area contributed by atoms with E-state index in [4.69, 9.17) is 10.3 Å². The van der Waals surface area contributed by atoms with E-state index in [1.165, 1.54) is 25.5 Å². The Kier molecular flexibility index (Phi) is 4.49. The predicted molar refractivity (Wildman–Crippen MR) is 75.8 cm³/mol. The van der Waals surface area contributed by atoms with E-state index in [1.807, 2.05) is 0 Å². The molecule has 1 fully saturated rings. The molecule has 114 valence electrons. The highest BCUT2D eigenvalue weighted by molar-refractivity contribution is 7.90. The first-order valence-corrected chi connectivity index (χ1v) is 9.03. The highest BCUT2D eigenvalue weighted by atomic mass is 32.2. The third-order valence-corrected chi connectivity index (χ3v) is 5.86. The van der Waals surface area contributed by atoms with Crippen molar-refractivity contribution in [1.29, 1.82) is 0 Å². The molecule has 1 aliphatic rings. The van der Waals surface area contributed by atoms with Crippen molar-refractivity contribution in [1.82, 2.24) is 10.1 Å². The lowest BCUT2D eigenvalue weighted by atomic mass is 9.72. The van der Waals surface area contributed by atoms with Gasteiger partial charge in [0.05, 0.1) is 0 Å². The SMILES string of the molecule is CC(c1noc(CC2(CN)CCCCC2)n1)S(C)(=O)=O. The summed E-state index contributed by atoms with van der Waals surface area (Å²) in [7, 11) is -3.21. The van der Waals surface area contributed by atoms with Gasteiger partial charge in [0.1, 0.15) is 5.25 Å². The lowest BCUT2D eigenvalue weighted by Gasteiger charge is -2.34. The summed E-state index contributed by atoms with van der Waals surface area (Å²) in [6, 6.07) is 0. The number of sulfone groups is 1. The van der Waals surface area contributed by atoms with Crippen molar-refractivity contribution >= 4 is 9.84 Å². The van der Waals surface area contributed by atoms with E-state index >= 15 is 0 Å². The van der Waals surface area contributed by atoms with E-state index in [0.717, 1.165) is 12.8 Å². The molecule has 6 nitrogen and oxygen atoms in total.